The van der Waals surface area contributed by atoms with Crippen molar-refractivity contribution in [2.24, 2.45) is 5.10 Å². The fraction of sp³-hybridized carbons (Fsp3) is 0.120. The molecule has 0 aliphatic carbocycles. The number of nitrogens with zero attached hydrogens (tertiary/aromatic N) is 2. The molecule has 0 saturated heterocycles. The van der Waals surface area contributed by atoms with E-state index in [0.29, 0.717) is 11.3 Å². The van der Waals surface area contributed by atoms with Gasteiger partial charge in [0.15, 0.2) is 0 Å². The fourth-order valence-corrected chi connectivity index (χ4v) is 3.66. The number of nitrogens with one attached hydrogen (secondary N) is 1. The van der Waals surface area contributed by atoms with E-state index >= 15 is 0 Å². The van der Waals surface area contributed by atoms with Crippen molar-refractivity contribution in [3.63, 3.8) is 0 Å². The fourth-order valence-electron chi connectivity index (χ4n) is 3.66. The average Bonchev–Trinajstić information content (AvgIpc) is 3.07. The molecule has 1 heterocycles. The summed E-state index contributed by atoms with van der Waals surface area (Å²) in [6.45, 7) is 5.79. The highest BCUT2D eigenvalue weighted by Gasteiger charge is 2.20. The Morgan fingerprint density at radius 3 is 2.47 bits per heavy atom. The normalized spacial score (nSPS) is 11.7. The molecular weight excluding hydrogens is 404 g/mol. The first-order valence-electron chi connectivity index (χ1n) is 10.1. The third-order valence-corrected chi connectivity index (χ3v) is 5.58. The number of para-hydroxylation sites is 1. The molecule has 1 aromatic heterocycles. The van der Waals surface area contributed by atoms with Crippen LogP contribution in [-0.4, -0.2) is 26.4 Å². The Hall–Kier alpha value is -4.26. The molecule has 0 spiro atoms. The number of aryl methyl sites for hydroxylation is 2. The Morgan fingerprint density at radius 2 is 1.75 bits per heavy atom. The number of hydrazone groups is 1. The molecule has 0 saturated carbocycles. The van der Waals surface area contributed by atoms with Gasteiger partial charge >= 0.3 is 0 Å². The lowest BCUT2D eigenvalue weighted by molar-refractivity contribution is 0.0955. The summed E-state index contributed by atoms with van der Waals surface area (Å²) in [7, 11) is 0. The van der Waals surface area contributed by atoms with E-state index in [1.54, 1.807) is 11.5 Å². The van der Waals surface area contributed by atoms with E-state index in [1.165, 1.54) is 23.8 Å². The maximum atomic E-state index is 12.5. The third kappa shape index (κ3) is 3.65. The van der Waals surface area contributed by atoms with E-state index in [1.807, 2.05) is 56.3 Å². The Balaban J connectivity index is 1.75. The molecule has 162 valence electrons. The summed E-state index contributed by atoms with van der Waals surface area (Å²) in [4.78, 5) is 12.5. The number of carbonyl (C=O) groups excluding carboxylic acids is 1. The standard InChI is InChI=1S/C25H24N4O3/c1-14-8-10-18(12-15(14)2)29-21-7-5-4-6-19(21)23(25(29)32)16(3)27-28-24(31)17-9-11-22(30)20(26)13-17/h4-13,30,32H,26H2,1-3H3,(H,28,31). The zero-order valence-corrected chi connectivity index (χ0v) is 18.0. The van der Waals surface area contributed by atoms with Crippen LogP contribution in [0.4, 0.5) is 5.69 Å². The molecule has 5 N–H and O–H groups in total. The topological polar surface area (TPSA) is 113 Å². The number of amides is 1. The molecule has 7 heteroatoms. The number of hydrogen-bond acceptors (Lipinski definition) is 5. The number of nitrogens with two attached hydrogens (primary N) is 1. The smallest absolute Gasteiger partial charge is 0.271 e. The van der Waals surface area contributed by atoms with Crippen molar-refractivity contribution >= 4 is 28.2 Å². The lowest BCUT2D eigenvalue weighted by Crippen LogP contribution is -2.19. The van der Waals surface area contributed by atoms with Crippen LogP contribution in [0.5, 0.6) is 11.6 Å². The largest absolute Gasteiger partial charge is 0.506 e. The van der Waals surface area contributed by atoms with Crippen molar-refractivity contribution in [1.29, 1.82) is 0 Å². The van der Waals surface area contributed by atoms with E-state index in [4.69, 9.17) is 5.73 Å². The Labute approximate surface area is 185 Å². The van der Waals surface area contributed by atoms with E-state index in [-0.39, 0.29) is 22.9 Å². The second-order valence-corrected chi connectivity index (χ2v) is 7.73. The summed E-state index contributed by atoms with van der Waals surface area (Å²) >= 11 is 0. The van der Waals surface area contributed by atoms with Crippen molar-refractivity contribution in [1.82, 2.24) is 9.99 Å². The number of aromatic nitrogens is 1. The van der Waals surface area contributed by atoms with Gasteiger partial charge < -0.3 is 15.9 Å². The lowest BCUT2D eigenvalue weighted by Gasteiger charge is -2.10. The molecule has 0 fully saturated rings. The second kappa shape index (κ2) is 8.11. The van der Waals surface area contributed by atoms with Gasteiger partial charge in [-0.25, -0.2) is 5.43 Å². The number of benzene rings is 3. The Kier molecular flexibility index (Phi) is 5.32. The number of rotatable bonds is 4. The maximum absolute atomic E-state index is 12.5. The molecule has 0 aliphatic heterocycles. The summed E-state index contributed by atoms with van der Waals surface area (Å²) in [5.74, 6) is -0.530. The molecule has 0 atom stereocenters. The molecule has 0 radical (unpaired) electrons. The third-order valence-electron chi connectivity index (χ3n) is 5.58. The first-order chi connectivity index (χ1) is 15.3. The summed E-state index contributed by atoms with van der Waals surface area (Å²) in [6.07, 6.45) is 0. The number of fused-ring (bicyclic) bond motifs is 1. The Bertz CT molecular complexity index is 1390. The summed E-state index contributed by atoms with van der Waals surface area (Å²) in [5.41, 5.74) is 13.5. The quantitative estimate of drug-likeness (QED) is 0.167. The number of carbonyl (C=O) groups is 1. The number of phenolic OH excluding ortho intramolecular Hbond substituents is 1. The van der Waals surface area contributed by atoms with E-state index in [2.05, 4.69) is 10.5 Å². The number of phenols is 1. The van der Waals surface area contributed by atoms with Crippen LogP contribution in [0.2, 0.25) is 0 Å². The molecular formula is C25H24N4O3. The van der Waals surface area contributed by atoms with Crippen LogP contribution in [0, 0.1) is 13.8 Å². The summed E-state index contributed by atoms with van der Waals surface area (Å²) in [5, 5.41) is 25.7. The van der Waals surface area contributed by atoms with Crippen molar-refractivity contribution < 1.29 is 15.0 Å². The first-order valence-corrected chi connectivity index (χ1v) is 10.1. The van der Waals surface area contributed by atoms with Crippen LogP contribution in [0.1, 0.15) is 34.0 Å². The van der Waals surface area contributed by atoms with Gasteiger partial charge in [-0.1, -0.05) is 24.3 Å². The monoisotopic (exact) mass is 428 g/mol. The van der Waals surface area contributed by atoms with Crippen LogP contribution in [0.15, 0.2) is 65.8 Å². The molecule has 0 aliphatic rings. The number of anilines is 1. The lowest BCUT2D eigenvalue weighted by atomic mass is 10.1. The zero-order valence-electron chi connectivity index (χ0n) is 18.0. The minimum atomic E-state index is -0.478. The summed E-state index contributed by atoms with van der Waals surface area (Å²) in [6, 6.07) is 17.8. The molecule has 0 unspecified atom stereocenters. The van der Waals surface area contributed by atoms with Gasteiger partial charge in [-0.05, 0) is 68.3 Å². The van der Waals surface area contributed by atoms with E-state index < -0.39 is 5.91 Å². The molecule has 3 aromatic carbocycles. The van der Waals surface area contributed by atoms with Gasteiger partial charge in [0, 0.05) is 16.6 Å². The van der Waals surface area contributed by atoms with Gasteiger partial charge in [0.05, 0.1) is 22.5 Å². The van der Waals surface area contributed by atoms with Crippen molar-refractivity contribution in [2.75, 3.05) is 5.73 Å². The van der Waals surface area contributed by atoms with Gasteiger partial charge in [0.25, 0.3) is 5.91 Å². The van der Waals surface area contributed by atoms with Gasteiger partial charge in [-0.15, -0.1) is 0 Å². The molecule has 4 rings (SSSR count). The van der Waals surface area contributed by atoms with Crippen LogP contribution < -0.4 is 11.2 Å². The van der Waals surface area contributed by atoms with Crippen LogP contribution in [0.25, 0.3) is 16.6 Å². The van der Waals surface area contributed by atoms with Crippen molar-refractivity contribution in [3.8, 4) is 17.3 Å². The molecule has 0 bridgehead atoms. The second-order valence-electron chi connectivity index (χ2n) is 7.73. The molecule has 32 heavy (non-hydrogen) atoms. The van der Waals surface area contributed by atoms with Gasteiger partial charge in [-0.3, -0.25) is 9.36 Å². The molecule has 1 amide bonds. The van der Waals surface area contributed by atoms with Crippen LogP contribution in [0.3, 0.4) is 0 Å². The van der Waals surface area contributed by atoms with E-state index in [0.717, 1.165) is 22.2 Å². The maximum Gasteiger partial charge on any atom is 0.271 e. The number of nitrogen functional groups attached to an aromatic ring is 1. The molecule has 7 nitrogen and oxygen atoms in total. The predicted molar refractivity (Wildman–Crippen MR) is 127 cm³/mol. The predicted octanol–water partition coefficient (Wildman–Crippen LogP) is 4.39. The number of hydrogen-bond donors (Lipinski definition) is 4. The van der Waals surface area contributed by atoms with Crippen molar-refractivity contribution in [3.05, 3.63) is 82.9 Å². The summed E-state index contributed by atoms with van der Waals surface area (Å²) < 4.78 is 1.78. The highest BCUT2D eigenvalue weighted by molar-refractivity contribution is 6.13. The van der Waals surface area contributed by atoms with Gasteiger partial charge in [0.1, 0.15) is 5.75 Å². The van der Waals surface area contributed by atoms with Crippen molar-refractivity contribution in [2.45, 2.75) is 20.8 Å². The highest BCUT2D eigenvalue weighted by atomic mass is 16.3. The van der Waals surface area contributed by atoms with E-state index in [9.17, 15) is 15.0 Å². The van der Waals surface area contributed by atoms with Crippen LogP contribution in [-0.2, 0) is 0 Å². The Morgan fingerprint density at radius 1 is 1.00 bits per heavy atom. The molecule has 4 aromatic rings. The minimum absolute atomic E-state index is 0.0406. The SMILES string of the molecule is CC(=NNC(=O)c1ccc(O)c(N)c1)c1c(O)n(-c2ccc(C)c(C)c2)c2ccccc12. The number of aromatic hydroxyl groups is 2. The zero-order chi connectivity index (χ0) is 23.0. The highest BCUT2D eigenvalue weighted by Crippen LogP contribution is 2.35. The van der Waals surface area contributed by atoms with Crippen LogP contribution >= 0.6 is 0 Å². The van der Waals surface area contributed by atoms with Gasteiger partial charge in [-0.2, -0.15) is 5.10 Å². The van der Waals surface area contributed by atoms with Gasteiger partial charge in [0.2, 0.25) is 5.88 Å². The average molecular weight is 428 g/mol. The minimum Gasteiger partial charge on any atom is -0.506 e. The first kappa shape index (κ1) is 21.0.